The van der Waals surface area contributed by atoms with Crippen molar-refractivity contribution in [3.63, 3.8) is 0 Å². The molecule has 0 saturated heterocycles. The summed E-state index contributed by atoms with van der Waals surface area (Å²) in [5, 5.41) is 10.3. The monoisotopic (exact) mass is 482 g/mol. The number of nitrogens with zero attached hydrogens (tertiary/aromatic N) is 2. The number of carbonyl (C=O) groups is 1. The van der Waals surface area contributed by atoms with E-state index in [9.17, 15) is 18.0 Å². The first-order valence-electron chi connectivity index (χ1n) is 9.92. The molecule has 3 aromatic rings. The normalized spacial score (nSPS) is 18.0. The molecule has 0 bridgehead atoms. The highest BCUT2D eigenvalue weighted by atomic mass is 35.5. The number of carbonyl (C=O) groups excluding carboxylic acids is 1. The van der Waals surface area contributed by atoms with E-state index in [1.807, 2.05) is 30.3 Å². The summed E-state index contributed by atoms with van der Waals surface area (Å²) in [7, 11) is 0. The maximum atomic E-state index is 13.8. The van der Waals surface area contributed by atoms with Crippen molar-refractivity contribution in [2.45, 2.75) is 31.1 Å². The Labute approximate surface area is 192 Å². The summed E-state index contributed by atoms with van der Waals surface area (Å²) < 4.78 is 42.3. The maximum Gasteiger partial charge on any atom is 0.410 e. The van der Waals surface area contributed by atoms with Gasteiger partial charge in [0.15, 0.2) is 11.7 Å². The van der Waals surface area contributed by atoms with Gasteiger partial charge in [-0.3, -0.25) is 4.79 Å². The molecule has 10 heteroatoms. The summed E-state index contributed by atoms with van der Waals surface area (Å²) >= 11 is 12.0. The number of halogens is 5. The molecule has 0 radical (unpaired) electrons. The Hall–Kier alpha value is -2.71. The highest BCUT2D eigenvalue weighted by Crippen LogP contribution is 2.44. The molecule has 2 atom stereocenters. The number of rotatable bonds is 5. The molecule has 1 aliphatic rings. The lowest BCUT2D eigenvalue weighted by Crippen LogP contribution is -2.35. The standard InChI is InChI=1S/C22H19Cl2F3N4O/c23-15-7-6-14(10-16(15)24)17-11-19(22(25,26)27)31-20(29-17)12-18(30-31)21(32)28-9-8-13-4-2-1-3-5-13/h1-7,10,12,17,19,29H,8-9,11H2,(H,28,32)/t17-,19+/m1/s1. The molecular weight excluding hydrogens is 464 g/mol. The third-order valence-electron chi connectivity index (χ3n) is 5.31. The van der Waals surface area contributed by atoms with Crippen LogP contribution in [0.5, 0.6) is 0 Å². The van der Waals surface area contributed by atoms with Gasteiger partial charge in [-0.15, -0.1) is 0 Å². The Balaban J connectivity index is 1.53. The van der Waals surface area contributed by atoms with E-state index < -0.39 is 24.2 Å². The van der Waals surface area contributed by atoms with Crippen molar-refractivity contribution >= 4 is 34.9 Å². The molecule has 1 amide bonds. The molecule has 0 aliphatic carbocycles. The fraction of sp³-hybridized carbons (Fsp3) is 0.273. The minimum Gasteiger partial charge on any atom is -0.363 e. The summed E-state index contributed by atoms with van der Waals surface area (Å²) in [6, 6.07) is 13.0. The quantitative estimate of drug-likeness (QED) is 0.481. The van der Waals surface area contributed by atoms with Crippen molar-refractivity contribution in [3.8, 4) is 0 Å². The van der Waals surface area contributed by atoms with Crippen LogP contribution >= 0.6 is 23.2 Å². The zero-order chi connectivity index (χ0) is 22.9. The number of alkyl halides is 3. The van der Waals surface area contributed by atoms with Crippen LogP contribution in [0.1, 0.15) is 40.1 Å². The van der Waals surface area contributed by atoms with Crippen LogP contribution in [0.15, 0.2) is 54.6 Å². The maximum absolute atomic E-state index is 13.8. The van der Waals surface area contributed by atoms with Gasteiger partial charge in [-0.05, 0) is 29.7 Å². The van der Waals surface area contributed by atoms with Crippen LogP contribution in [-0.2, 0) is 6.42 Å². The molecule has 2 N–H and O–H groups in total. The highest BCUT2D eigenvalue weighted by molar-refractivity contribution is 6.42. The van der Waals surface area contributed by atoms with Crippen molar-refractivity contribution in [2.24, 2.45) is 0 Å². The third-order valence-corrected chi connectivity index (χ3v) is 6.05. The van der Waals surface area contributed by atoms with E-state index in [1.54, 1.807) is 12.1 Å². The fourth-order valence-electron chi connectivity index (χ4n) is 3.69. The Kier molecular flexibility index (Phi) is 6.35. The lowest BCUT2D eigenvalue weighted by atomic mass is 9.97. The molecule has 0 spiro atoms. The van der Waals surface area contributed by atoms with Crippen molar-refractivity contribution < 1.29 is 18.0 Å². The molecule has 2 heterocycles. The van der Waals surface area contributed by atoms with Crippen LogP contribution in [0.4, 0.5) is 19.0 Å². The van der Waals surface area contributed by atoms with Gasteiger partial charge in [0.1, 0.15) is 5.82 Å². The Morgan fingerprint density at radius 3 is 2.56 bits per heavy atom. The van der Waals surface area contributed by atoms with Gasteiger partial charge in [0.25, 0.3) is 5.91 Å². The van der Waals surface area contributed by atoms with Gasteiger partial charge in [0, 0.05) is 19.0 Å². The predicted octanol–water partition coefficient (Wildman–Crippen LogP) is 5.82. The van der Waals surface area contributed by atoms with Crippen LogP contribution in [-0.4, -0.2) is 28.4 Å². The second-order valence-electron chi connectivity index (χ2n) is 7.51. The summed E-state index contributed by atoms with van der Waals surface area (Å²) in [5.41, 5.74) is 1.53. The summed E-state index contributed by atoms with van der Waals surface area (Å²) in [5.74, 6) is -0.417. The van der Waals surface area contributed by atoms with Crippen LogP contribution in [0.25, 0.3) is 0 Å². The van der Waals surface area contributed by atoms with E-state index in [0.717, 1.165) is 10.2 Å². The average molecular weight is 483 g/mol. The lowest BCUT2D eigenvalue weighted by Gasteiger charge is -2.33. The molecule has 1 aromatic heterocycles. The van der Waals surface area contributed by atoms with Gasteiger partial charge in [-0.25, -0.2) is 4.68 Å². The molecule has 2 aromatic carbocycles. The van der Waals surface area contributed by atoms with Crippen molar-refractivity contribution in [1.82, 2.24) is 15.1 Å². The number of hydrogen-bond donors (Lipinski definition) is 2. The SMILES string of the molecule is O=C(NCCc1ccccc1)c1cc2n(n1)[C@H](C(F)(F)F)C[C@H](c1ccc(Cl)c(Cl)c1)N2. The van der Waals surface area contributed by atoms with Crippen LogP contribution in [0.2, 0.25) is 10.0 Å². The molecule has 168 valence electrons. The van der Waals surface area contributed by atoms with E-state index in [0.29, 0.717) is 23.6 Å². The molecule has 0 fully saturated rings. The number of nitrogens with one attached hydrogen (secondary N) is 2. The van der Waals surface area contributed by atoms with E-state index in [4.69, 9.17) is 23.2 Å². The third kappa shape index (κ3) is 4.86. The first kappa shape index (κ1) is 22.5. The molecule has 5 nitrogen and oxygen atoms in total. The minimum atomic E-state index is -4.54. The van der Waals surface area contributed by atoms with Gasteiger partial charge in [0.2, 0.25) is 0 Å². The van der Waals surface area contributed by atoms with Crippen LogP contribution < -0.4 is 10.6 Å². The number of aromatic nitrogens is 2. The average Bonchev–Trinajstić information content (AvgIpc) is 3.19. The van der Waals surface area contributed by atoms with Crippen LogP contribution in [0, 0.1) is 0 Å². The topological polar surface area (TPSA) is 59.0 Å². The van der Waals surface area contributed by atoms with Crippen LogP contribution in [0.3, 0.4) is 0 Å². The second-order valence-corrected chi connectivity index (χ2v) is 8.33. The number of benzene rings is 2. The second kappa shape index (κ2) is 9.03. The van der Waals surface area contributed by atoms with Gasteiger partial charge in [-0.1, -0.05) is 59.6 Å². The Morgan fingerprint density at radius 1 is 1.12 bits per heavy atom. The molecule has 4 rings (SSSR count). The zero-order valence-corrected chi connectivity index (χ0v) is 18.2. The molecular formula is C22H19Cl2F3N4O. The first-order valence-corrected chi connectivity index (χ1v) is 10.7. The first-order chi connectivity index (χ1) is 15.2. The lowest BCUT2D eigenvalue weighted by molar-refractivity contribution is -0.173. The minimum absolute atomic E-state index is 0.0791. The fourth-order valence-corrected chi connectivity index (χ4v) is 3.99. The number of anilines is 1. The molecule has 1 aliphatic heterocycles. The zero-order valence-electron chi connectivity index (χ0n) is 16.7. The number of hydrogen-bond acceptors (Lipinski definition) is 3. The van der Waals surface area contributed by atoms with Gasteiger partial charge in [-0.2, -0.15) is 18.3 Å². The summed E-state index contributed by atoms with van der Waals surface area (Å²) in [6.07, 6.45) is -4.24. The Bertz CT molecular complexity index is 1120. The molecule has 32 heavy (non-hydrogen) atoms. The smallest absolute Gasteiger partial charge is 0.363 e. The van der Waals surface area contributed by atoms with Gasteiger partial charge >= 0.3 is 6.18 Å². The van der Waals surface area contributed by atoms with Gasteiger partial charge < -0.3 is 10.6 Å². The Morgan fingerprint density at radius 2 is 1.88 bits per heavy atom. The number of amides is 1. The van der Waals surface area contributed by atoms with Crippen molar-refractivity contribution in [3.05, 3.63) is 81.5 Å². The van der Waals surface area contributed by atoms with Crippen molar-refractivity contribution in [2.75, 3.05) is 11.9 Å². The van der Waals surface area contributed by atoms with E-state index in [2.05, 4.69) is 15.7 Å². The van der Waals surface area contributed by atoms with E-state index in [-0.39, 0.29) is 23.0 Å². The van der Waals surface area contributed by atoms with Crippen molar-refractivity contribution in [1.29, 1.82) is 0 Å². The summed E-state index contributed by atoms with van der Waals surface area (Å²) in [4.78, 5) is 12.5. The molecule has 0 saturated carbocycles. The number of fused-ring (bicyclic) bond motifs is 1. The van der Waals surface area contributed by atoms with E-state index in [1.165, 1.54) is 12.1 Å². The molecule has 0 unspecified atom stereocenters. The van der Waals surface area contributed by atoms with Gasteiger partial charge in [0.05, 0.1) is 16.1 Å². The largest absolute Gasteiger partial charge is 0.410 e. The highest BCUT2D eigenvalue weighted by Gasteiger charge is 2.46. The summed E-state index contributed by atoms with van der Waals surface area (Å²) in [6.45, 7) is 0.340. The van der Waals surface area contributed by atoms with E-state index >= 15 is 0 Å². The predicted molar refractivity (Wildman–Crippen MR) is 117 cm³/mol.